The van der Waals surface area contributed by atoms with Gasteiger partial charge in [0, 0.05) is 17.7 Å². The van der Waals surface area contributed by atoms with Gasteiger partial charge in [-0.05, 0) is 80.4 Å². The summed E-state index contributed by atoms with van der Waals surface area (Å²) < 4.78 is 1.36. The lowest BCUT2D eigenvalue weighted by atomic mass is 9.56. The van der Waals surface area contributed by atoms with E-state index in [9.17, 15) is 0 Å². The lowest BCUT2D eigenvalue weighted by Crippen LogP contribution is -2.42. The fraction of sp³-hybridized carbons (Fsp3) is 0.652. The summed E-state index contributed by atoms with van der Waals surface area (Å²) >= 11 is 1.97. The van der Waals surface area contributed by atoms with E-state index in [4.69, 9.17) is 9.98 Å². The van der Waals surface area contributed by atoms with Crippen LogP contribution in [0, 0.1) is 17.8 Å². The van der Waals surface area contributed by atoms with Gasteiger partial charge in [0.25, 0.3) is 0 Å². The van der Waals surface area contributed by atoms with Gasteiger partial charge in [0.05, 0.1) is 15.2 Å². The first kappa shape index (κ1) is 16.9. The molecule has 1 aromatic carbocycles. The number of aromatic nitrogens is 1. The normalized spacial score (nSPS) is 34.2. The third-order valence-corrected chi connectivity index (χ3v) is 8.76. The Hall–Kier alpha value is -1.22. The van der Waals surface area contributed by atoms with Crippen LogP contribution in [0.1, 0.15) is 75.8 Å². The second-order valence-corrected chi connectivity index (χ2v) is 10.2. The molecule has 0 spiro atoms. The topological polar surface area (TPSA) is 25.2 Å². The molecule has 3 aliphatic carbocycles. The summed E-state index contributed by atoms with van der Waals surface area (Å²) in [5.41, 5.74) is 4.19. The highest BCUT2D eigenvalue weighted by molar-refractivity contribution is 7.18. The van der Waals surface area contributed by atoms with Gasteiger partial charge in [0.2, 0.25) is 0 Å². The number of thiazole rings is 1. The molecule has 2 bridgehead atoms. The lowest BCUT2D eigenvalue weighted by Gasteiger charge is -2.50. The van der Waals surface area contributed by atoms with E-state index in [1.165, 1.54) is 71.4 Å². The van der Waals surface area contributed by atoms with Crippen LogP contribution in [-0.4, -0.2) is 17.2 Å². The molecule has 3 fully saturated rings. The molecule has 3 saturated carbocycles. The second kappa shape index (κ2) is 6.44. The van der Waals surface area contributed by atoms with Crippen molar-refractivity contribution in [2.45, 2.75) is 70.6 Å². The van der Waals surface area contributed by atoms with Crippen molar-refractivity contribution in [2.24, 2.45) is 22.7 Å². The number of hydrogen-bond donors (Lipinski definition) is 0. The van der Waals surface area contributed by atoms with Gasteiger partial charge in [-0.25, -0.2) is 4.98 Å². The summed E-state index contributed by atoms with van der Waals surface area (Å²) in [4.78, 5) is 10.0. The van der Waals surface area contributed by atoms with Crippen LogP contribution >= 0.6 is 11.3 Å². The van der Waals surface area contributed by atoms with Gasteiger partial charge < -0.3 is 0 Å². The molecule has 2 heterocycles. The first-order valence-corrected chi connectivity index (χ1v) is 11.4. The smallest absolute Gasteiger partial charge is 0.1000 e. The van der Waals surface area contributed by atoms with Crippen LogP contribution in [0.2, 0.25) is 0 Å². The summed E-state index contributed by atoms with van der Waals surface area (Å²) in [6.07, 6.45) is 10.7. The number of rotatable bonds is 3. The van der Waals surface area contributed by atoms with Gasteiger partial charge in [-0.3, -0.25) is 4.99 Å². The maximum Gasteiger partial charge on any atom is 0.1000 e. The Morgan fingerprint density at radius 1 is 1.19 bits per heavy atom. The Morgan fingerprint density at radius 3 is 2.77 bits per heavy atom. The summed E-state index contributed by atoms with van der Waals surface area (Å²) in [6.45, 7) is 5.67. The van der Waals surface area contributed by atoms with E-state index in [2.05, 4.69) is 32.0 Å². The van der Waals surface area contributed by atoms with Gasteiger partial charge in [0.15, 0.2) is 0 Å². The van der Waals surface area contributed by atoms with E-state index in [0.29, 0.717) is 5.41 Å². The van der Waals surface area contributed by atoms with Crippen molar-refractivity contribution in [3.63, 3.8) is 0 Å². The van der Waals surface area contributed by atoms with Crippen LogP contribution in [-0.2, 0) is 5.41 Å². The summed E-state index contributed by atoms with van der Waals surface area (Å²) in [5.74, 6) is 2.66. The molecule has 138 valence electrons. The van der Waals surface area contributed by atoms with E-state index in [1.807, 2.05) is 11.3 Å². The standard InChI is InChI=1S/C23H30N2S/c1-3-16-13-23(10-8-17(16)9-11-23)22-25-20-12-18(5-7-21(20)26-22)19-6-4-15(2)14-24-19/h5,7,12,15-17H,3-4,6,8-11,13-14H2,1-2H3/t15-,16?,17?,23?/m0/s1. The number of benzene rings is 1. The Labute approximate surface area is 161 Å². The van der Waals surface area contributed by atoms with Crippen molar-refractivity contribution >= 4 is 27.3 Å². The molecule has 1 aliphatic heterocycles. The van der Waals surface area contributed by atoms with Crippen LogP contribution in [0.4, 0.5) is 0 Å². The molecule has 0 radical (unpaired) electrons. The number of aliphatic imine (C=N–C) groups is 1. The molecular weight excluding hydrogens is 336 g/mol. The minimum absolute atomic E-state index is 0.386. The van der Waals surface area contributed by atoms with Gasteiger partial charge >= 0.3 is 0 Å². The number of nitrogens with zero attached hydrogens (tertiary/aromatic N) is 2. The third-order valence-electron chi connectivity index (χ3n) is 7.47. The molecule has 0 saturated heterocycles. The van der Waals surface area contributed by atoms with E-state index in [0.717, 1.165) is 30.7 Å². The zero-order valence-electron chi connectivity index (χ0n) is 16.1. The van der Waals surface area contributed by atoms with Gasteiger partial charge in [-0.1, -0.05) is 26.3 Å². The van der Waals surface area contributed by atoms with Gasteiger partial charge in [0.1, 0.15) is 0 Å². The quantitative estimate of drug-likeness (QED) is 0.619. The molecule has 2 nitrogen and oxygen atoms in total. The van der Waals surface area contributed by atoms with Gasteiger partial charge in [-0.2, -0.15) is 0 Å². The SMILES string of the molecule is CCC1CC2(c3nc4cc(C5=NC[C@@H](C)CC5)ccc4s3)CCC1CC2. The molecule has 2 aromatic rings. The molecule has 0 amide bonds. The van der Waals surface area contributed by atoms with Crippen LogP contribution in [0.15, 0.2) is 23.2 Å². The molecule has 1 unspecified atom stereocenters. The molecule has 6 rings (SSSR count). The predicted octanol–water partition coefficient (Wildman–Crippen LogP) is 6.37. The monoisotopic (exact) mass is 366 g/mol. The average molecular weight is 367 g/mol. The predicted molar refractivity (Wildman–Crippen MR) is 111 cm³/mol. The number of hydrogen-bond acceptors (Lipinski definition) is 3. The summed E-state index contributed by atoms with van der Waals surface area (Å²) in [6, 6.07) is 6.89. The van der Waals surface area contributed by atoms with E-state index in [-0.39, 0.29) is 0 Å². The van der Waals surface area contributed by atoms with Crippen molar-refractivity contribution in [2.75, 3.05) is 6.54 Å². The largest absolute Gasteiger partial charge is 0.289 e. The molecular formula is C23H30N2S. The first-order chi connectivity index (χ1) is 12.7. The molecule has 0 N–H and O–H groups in total. The Kier molecular flexibility index (Phi) is 4.19. The molecule has 2 atom stereocenters. The van der Waals surface area contributed by atoms with Gasteiger partial charge in [-0.15, -0.1) is 11.3 Å². The van der Waals surface area contributed by atoms with Crippen molar-refractivity contribution in [1.82, 2.24) is 4.98 Å². The zero-order valence-corrected chi connectivity index (χ0v) is 16.9. The van der Waals surface area contributed by atoms with Crippen LogP contribution < -0.4 is 0 Å². The molecule has 26 heavy (non-hydrogen) atoms. The van der Waals surface area contributed by atoms with E-state index in [1.54, 1.807) is 0 Å². The Bertz CT molecular complexity index is 841. The lowest BCUT2D eigenvalue weighted by molar-refractivity contribution is 0.0659. The molecule has 1 aromatic heterocycles. The van der Waals surface area contributed by atoms with Crippen LogP contribution in [0.25, 0.3) is 10.2 Å². The molecule has 3 heteroatoms. The first-order valence-electron chi connectivity index (χ1n) is 10.6. The maximum atomic E-state index is 5.21. The fourth-order valence-electron chi connectivity index (χ4n) is 5.70. The molecule has 4 aliphatic rings. The highest BCUT2D eigenvalue weighted by Gasteiger charge is 2.47. The minimum atomic E-state index is 0.386. The second-order valence-electron chi connectivity index (χ2n) is 9.12. The fourth-order valence-corrected chi connectivity index (χ4v) is 6.91. The van der Waals surface area contributed by atoms with Crippen LogP contribution in [0.3, 0.4) is 0 Å². The van der Waals surface area contributed by atoms with E-state index < -0.39 is 0 Å². The summed E-state index contributed by atoms with van der Waals surface area (Å²) in [7, 11) is 0. The van der Waals surface area contributed by atoms with Crippen molar-refractivity contribution < 1.29 is 0 Å². The Balaban J connectivity index is 1.49. The highest BCUT2D eigenvalue weighted by atomic mass is 32.1. The van der Waals surface area contributed by atoms with Crippen molar-refractivity contribution in [3.8, 4) is 0 Å². The number of fused-ring (bicyclic) bond motifs is 4. The average Bonchev–Trinajstić information content (AvgIpc) is 3.13. The Morgan fingerprint density at radius 2 is 2.04 bits per heavy atom. The zero-order chi connectivity index (χ0) is 17.7. The maximum absolute atomic E-state index is 5.21. The van der Waals surface area contributed by atoms with Crippen molar-refractivity contribution in [1.29, 1.82) is 0 Å². The van der Waals surface area contributed by atoms with Crippen LogP contribution in [0.5, 0.6) is 0 Å². The van der Waals surface area contributed by atoms with E-state index >= 15 is 0 Å². The highest BCUT2D eigenvalue weighted by Crippen LogP contribution is 2.56. The van der Waals surface area contributed by atoms with Crippen molar-refractivity contribution in [3.05, 3.63) is 28.8 Å². The summed E-state index contributed by atoms with van der Waals surface area (Å²) in [5, 5.41) is 1.43. The third kappa shape index (κ3) is 2.74. The minimum Gasteiger partial charge on any atom is -0.289 e.